The number of hydrogen-bond donors (Lipinski definition) is 0. The Labute approximate surface area is 199 Å². The van der Waals surface area contributed by atoms with E-state index in [2.05, 4.69) is 9.80 Å². The molecule has 2 bridgehead atoms. The first-order valence-electron chi connectivity index (χ1n) is 12.1. The summed E-state index contributed by atoms with van der Waals surface area (Å²) in [7, 11) is 1.67. The number of pyridine rings is 1. The molecular formula is C26H32N4O4. The van der Waals surface area contributed by atoms with E-state index in [-0.39, 0.29) is 29.6 Å². The molecule has 2 aromatic rings. The first-order chi connectivity index (χ1) is 16.5. The number of piperidine rings is 1. The van der Waals surface area contributed by atoms with E-state index in [1.54, 1.807) is 18.1 Å². The fraction of sp³-hybridized carbons (Fsp3) is 0.500. The maximum absolute atomic E-state index is 12.8. The van der Waals surface area contributed by atoms with Crippen molar-refractivity contribution >= 4 is 17.4 Å². The molecule has 34 heavy (non-hydrogen) atoms. The lowest BCUT2D eigenvalue weighted by Gasteiger charge is -2.42. The summed E-state index contributed by atoms with van der Waals surface area (Å²) in [5, 5.41) is 0. The molecule has 3 aliphatic heterocycles. The lowest BCUT2D eigenvalue weighted by atomic mass is 9.83. The molecular weight excluding hydrogens is 432 g/mol. The molecule has 0 spiro atoms. The molecule has 1 aromatic heterocycles. The molecule has 0 saturated carbocycles. The minimum absolute atomic E-state index is 0.0254. The molecule has 8 heteroatoms. The molecule has 4 heterocycles. The Balaban J connectivity index is 1.13. The van der Waals surface area contributed by atoms with Gasteiger partial charge in [0.1, 0.15) is 5.75 Å². The number of nitrogens with zero attached hydrogens (tertiary/aromatic N) is 4. The van der Waals surface area contributed by atoms with E-state index in [1.807, 2.05) is 41.0 Å². The van der Waals surface area contributed by atoms with Crippen molar-refractivity contribution in [1.29, 1.82) is 0 Å². The number of Topliss-reactive ketones (excluding diaryl/α,β-unsaturated/α-hetero) is 1. The predicted molar refractivity (Wildman–Crippen MR) is 129 cm³/mol. The molecule has 2 unspecified atom stereocenters. The number of methoxy groups -OCH3 is 1. The Hall–Kier alpha value is -3.13. The van der Waals surface area contributed by atoms with Crippen LogP contribution in [0.3, 0.4) is 0 Å². The average molecular weight is 465 g/mol. The van der Waals surface area contributed by atoms with Crippen LogP contribution in [-0.2, 0) is 16.1 Å². The quantitative estimate of drug-likeness (QED) is 0.605. The number of carbonyl (C=O) groups is 2. The van der Waals surface area contributed by atoms with Gasteiger partial charge in [-0.05, 0) is 30.5 Å². The van der Waals surface area contributed by atoms with Gasteiger partial charge in [0.15, 0.2) is 5.78 Å². The summed E-state index contributed by atoms with van der Waals surface area (Å²) in [6, 6.07) is 13.4. The van der Waals surface area contributed by atoms with Gasteiger partial charge in [0, 0.05) is 63.5 Å². The highest BCUT2D eigenvalue weighted by molar-refractivity contribution is 5.99. The highest BCUT2D eigenvalue weighted by Crippen LogP contribution is 2.35. The van der Waals surface area contributed by atoms with Crippen LogP contribution in [0.1, 0.15) is 24.5 Å². The highest BCUT2D eigenvalue weighted by Gasteiger charge is 2.35. The van der Waals surface area contributed by atoms with Crippen LogP contribution in [0.15, 0.2) is 47.3 Å². The van der Waals surface area contributed by atoms with E-state index in [1.165, 1.54) is 0 Å². The van der Waals surface area contributed by atoms with Gasteiger partial charge >= 0.3 is 0 Å². The molecule has 1 amide bonds. The van der Waals surface area contributed by atoms with Crippen molar-refractivity contribution in [2.75, 3.05) is 57.8 Å². The maximum atomic E-state index is 12.8. The van der Waals surface area contributed by atoms with Crippen molar-refractivity contribution in [3.63, 3.8) is 0 Å². The second-order valence-corrected chi connectivity index (χ2v) is 9.65. The Bertz CT molecular complexity index is 1120. The van der Waals surface area contributed by atoms with Gasteiger partial charge in [-0.3, -0.25) is 19.3 Å². The fourth-order valence-corrected chi connectivity index (χ4v) is 5.80. The third-order valence-electron chi connectivity index (χ3n) is 7.36. The summed E-state index contributed by atoms with van der Waals surface area (Å²) in [6.45, 7) is 5.21. The number of rotatable bonds is 6. The number of benzene rings is 1. The summed E-state index contributed by atoms with van der Waals surface area (Å²) in [6.07, 6.45) is 1.01. The molecule has 180 valence electrons. The summed E-state index contributed by atoms with van der Waals surface area (Å²) in [5.74, 6) is 1.36. The van der Waals surface area contributed by atoms with Crippen LogP contribution in [0.2, 0.25) is 0 Å². The van der Waals surface area contributed by atoms with Gasteiger partial charge < -0.3 is 19.1 Å². The van der Waals surface area contributed by atoms with Crippen molar-refractivity contribution < 1.29 is 14.3 Å². The van der Waals surface area contributed by atoms with Crippen LogP contribution in [0.25, 0.3) is 0 Å². The number of piperazine rings is 1. The van der Waals surface area contributed by atoms with E-state index >= 15 is 0 Å². The summed E-state index contributed by atoms with van der Waals surface area (Å²) >= 11 is 0. The number of fused-ring (bicyclic) bond motifs is 4. The van der Waals surface area contributed by atoms with Crippen molar-refractivity contribution in [2.45, 2.75) is 25.3 Å². The number of likely N-dealkylation sites (tertiary alicyclic amines) is 1. The van der Waals surface area contributed by atoms with E-state index in [0.29, 0.717) is 45.2 Å². The number of hydrogen-bond acceptors (Lipinski definition) is 6. The number of para-hydroxylation sites is 2. The largest absolute Gasteiger partial charge is 0.495 e. The molecule has 3 aliphatic rings. The lowest BCUT2D eigenvalue weighted by molar-refractivity contribution is -0.136. The smallest absolute Gasteiger partial charge is 0.250 e. The van der Waals surface area contributed by atoms with Crippen molar-refractivity contribution in [1.82, 2.24) is 14.4 Å². The molecule has 2 atom stereocenters. The number of anilines is 1. The van der Waals surface area contributed by atoms with Crippen LogP contribution < -0.4 is 15.2 Å². The normalized spacial score (nSPS) is 22.3. The second-order valence-electron chi connectivity index (χ2n) is 9.65. The summed E-state index contributed by atoms with van der Waals surface area (Å²) < 4.78 is 7.36. The highest BCUT2D eigenvalue weighted by atomic mass is 16.5. The Morgan fingerprint density at radius 3 is 2.56 bits per heavy atom. The first kappa shape index (κ1) is 22.7. The van der Waals surface area contributed by atoms with E-state index in [4.69, 9.17) is 4.74 Å². The van der Waals surface area contributed by atoms with Gasteiger partial charge in [0.05, 0.1) is 25.8 Å². The zero-order chi connectivity index (χ0) is 23.7. The number of ether oxygens (including phenoxy) is 1. The zero-order valence-corrected chi connectivity index (χ0v) is 19.7. The van der Waals surface area contributed by atoms with E-state index in [9.17, 15) is 14.4 Å². The van der Waals surface area contributed by atoms with Crippen LogP contribution in [0.5, 0.6) is 5.75 Å². The number of carbonyl (C=O) groups excluding carboxylic acids is 2. The van der Waals surface area contributed by atoms with Gasteiger partial charge in [0.2, 0.25) is 5.91 Å². The summed E-state index contributed by atoms with van der Waals surface area (Å²) in [5.41, 5.74) is 2.17. The van der Waals surface area contributed by atoms with Crippen molar-refractivity contribution in [3.8, 4) is 5.75 Å². The van der Waals surface area contributed by atoms with Crippen LogP contribution in [-0.4, -0.2) is 79.0 Å². The van der Waals surface area contributed by atoms with Gasteiger partial charge in [0.25, 0.3) is 5.56 Å². The topological polar surface area (TPSA) is 75.1 Å². The maximum Gasteiger partial charge on any atom is 0.250 e. The van der Waals surface area contributed by atoms with Gasteiger partial charge in [-0.2, -0.15) is 0 Å². The molecule has 5 rings (SSSR count). The Morgan fingerprint density at radius 1 is 0.971 bits per heavy atom. The lowest BCUT2D eigenvalue weighted by Crippen LogP contribution is -2.50. The molecule has 0 N–H and O–H groups in total. The molecule has 8 nitrogen and oxygen atoms in total. The Morgan fingerprint density at radius 2 is 1.76 bits per heavy atom. The Kier molecular flexibility index (Phi) is 6.41. The average Bonchev–Trinajstić information content (AvgIpc) is 2.84. The zero-order valence-electron chi connectivity index (χ0n) is 19.7. The van der Waals surface area contributed by atoms with Gasteiger partial charge in [-0.1, -0.05) is 18.2 Å². The molecule has 0 aliphatic carbocycles. The third kappa shape index (κ3) is 4.59. The number of amides is 1. The molecule has 0 radical (unpaired) electrons. The monoisotopic (exact) mass is 464 g/mol. The van der Waals surface area contributed by atoms with Crippen molar-refractivity contribution in [3.05, 3.63) is 58.5 Å². The fourth-order valence-electron chi connectivity index (χ4n) is 5.80. The summed E-state index contributed by atoms with van der Waals surface area (Å²) in [4.78, 5) is 44.0. The van der Waals surface area contributed by atoms with Crippen LogP contribution >= 0.6 is 0 Å². The van der Waals surface area contributed by atoms with E-state index < -0.39 is 0 Å². The molecule has 2 saturated heterocycles. The van der Waals surface area contributed by atoms with Gasteiger partial charge in [-0.25, -0.2) is 0 Å². The van der Waals surface area contributed by atoms with Gasteiger partial charge in [-0.15, -0.1) is 0 Å². The van der Waals surface area contributed by atoms with Crippen LogP contribution in [0, 0.1) is 5.92 Å². The molecule has 2 fully saturated rings. The minimum Gasteiger partial charge on any atom is -0.495 e. The number of aromatic nitrogens is 1. The van der Waals surface area contributed by atoms with Crippen LogP contribution in [0.4, 0.5) is 5.69 Å². The van der Waals surface area contributed by atoms with E-state index in [0.717, 1.165) is 36.6 Å². The van der Waals surface area contributed by atoms with Crippen molar-refractivity contribution in [2.24, 2.45) is 5.92 Å². The molecule has 1 aromatic carbocycles. The standard InChI is InChI=1S/C26H32N4O4/c1-34-24-7-3-2-5-23(24)28-9-11-29(12-10-28)26(33)14-21(31)18-27-15-19-13-20(17-27)22-6-4-8-25(32)30(22)16-19/h2-8,19-20H,9-18H2,1H3. The predicted octanol–water partition coefficient (Wildman–Crippen LogP) is 1.58. The number of ketones is 1. The first-order valence-corrected chi connectivity index (χ1v) is 12.1. The SMILES string of the molecule is COc1ccccc1N1CCN(C(=O)CC(=O)CN2CC3CC(C2)c2cccc(=O)n2C3)CC1. The minimum atomic E-state index is -0.0845. The third-order valence-corrected chi connectivity index (χ3v) is 7.36. The second kappa shape index (κ2) is 9.62.